The zero-order valence-corrected chi connectivity index (χ0v) is 14.3. The second-order valence-electron chi connectivity index (χ2n) is 5.27. The van der Waals surface area contributed by atoms with Crippen molar-refractivity contribution in [2.45, 2.75) is 19.0 Å². The Bertz CT molecular complexity index is 552. The highest BCUT2D eigenvalue weighted by Gasteiger charge is 2.19. The van der Waals surface area contributed by atoms with Gasteiger partial charge in [0.15, 0.2) is 0 Å². The highest BCUT2D eigenvalue weighted by atomic mass is 79.9. The molecule has 114 valence electrons. The summed E-state index contributed by atoms with van der Waals surface area (Å²) in [4.78, 5) is 6.58. The van der Waals surface area contributed by atoms with Crippen LogP contribution >= 0.6 is 15.9 Å². The van der Waals surface area contributed by atoms with E-state index in [4.69, 9.17) is 0 Å². The van der Waals surface area contributed by atoms with Crippen molar-refractivity contribution < 1.29 is 0 Å². The number of hydrogen-bond donors (Lipinski definition) is 1. The van der Waals surface area contributed by atoms with E-state index in [2.05, 4.69) is 61.1 Å². The van der Waals surface area contributed by atoms with Crippen molar-refractivity contribution in [2.75, 3.05) is 27.7 Å². The molecule has 2 heterocycles. The van der Waals surface area contributed by atoms with Gasteiger partial charge in [0.25, 0.3) is 0 Å². The Kier molecular flexibility index (Phi) is 5.90. The lowest BCUT2D eigenvalue weighted by molar-refractivity contribution is 0.363. The van der Waals surface area contributed by atoms with Crippen molar-refractivity contribution in [3.05, 3.63) is 46.5 Å². The Morgan fingerprint density at radius 3 is 2.81 bits per heavy atom. The molecule has 6 heteroatoms. The van der Waals surface area contributed by atoms with E-state index in [9.17, 15) is 0 Å². The average molecular weight is 352 g/mol. The normalized spacial score (nSPS) is 12.8. The fourth-order valence-corrected chi connectivity index (χ4v) is 2.83. The molecule has 0 bridgehead atoms. The fourth-order valence-electron chi connectivity index (χ4n) is 2.25. The van der Waals surface area contributed by atoms with Crippen LogP contribution in [-0.2, 0) is 13.0 Å². The molecule has 0 saturated heterocycles. The minimum absolute atomic E-state index is 0.180. The van der Waals surface area contributed by atoms with Gasteiger partial charge in [-0.2, -0.15) is 5.10 Å². The monoisotopic (exact) mass is 351 g/mol. The van der Waals surface area contributed by atoms with Crippen molar-refractivity contribution in [1.29, 1.82) is 0 Å². The van der Waals surface area contributed by atoms with Crippen LogP contribution in [0.1, 0.15) is 17.4 Å². The molecule has 0 aliphatic carbocycles. The van der Waals surface area contributed by atoms with E-state index in [0.717, 1.165) is 29.7 Å². The summed E-state index contributed by atoms with van der Waals surface area (Å²) in [5.41, 5.74) is 2.24. The lowest BCUT2D eigenvalue weighted by atomic mass is 10.1. The van der Waals surface area contributed by atoms with E-state index in [0.29, 0.717) is 0 Å². The van der Waals surface area contributed by atoms with Crippen LogP contribution in [0, 0.1) is 0 Å². The molecule has 5 nitrogen and oxygen atoms in total. The van der Waals surface area contributed by atoms with E-state index >= 15 is 0 Å². The molecule has 0 saturated carbocycles. The quantitative estimate of drug-likeness (QED) is 0.829. The van der Waals surface area contributed by atoms with Crippen LogP contribution in [0.5, 0.6) is 0 Å². The average Bonchev–Trinajstić information content (AvgIpc) is 2.85. The summed E-state index contributed by atoms with van der Waals surface area (Å²) in [7, 11) is 6.12. The molecule has 2 aromatic heterocycles. The summed E-state index contributed by atoms with van der Waals surface area (Å²) in [6.45, 7) is 1.83. The number of nitrogens with zero attached hydrogens (tertiary/aromatic N) is 4. The van der Waals surface area contributed by atoms with E-state index in [-0.39, 0.29) is 6.04 Å². The van der Waals surface area contributed by atoms with Crippen LogP contribution in [0.2, 0.25) is 0 Å². The van der Waals surface area contributed by atoms with Crippen LogP contribution < -0.4 is 5.32 Å². The smallest absolute Gasteiger partial charge is 0.0700 e. The third-order valence-corrected chi connectivity index (χ3v) is 4.02. The number of nitrogens with one attached hydrogen (secondary N) is 1. The molecule has 0 fully saturated rings. The second kappa shape index (κ2) is 7.68. The van der Waals surface area contributed by atoms with Gasteiger partial charge in [0, 0.05) is 24.9 Å². The van der Waals surface area contributed by atoms with Gasteiger partial charge in [-0.15, -0.1) is 0 Å². The fraction of sp³-hybridized carbons (Fsp3) is 0.467. The number of halogens is 1. The highest BCUT2D eigenvalue weighted by Crippen LogP contribution is 2.25. The molecule has 0 radical (unpaired) electrons. The molecule has 0 amide bonds. The van der Waals surface area contributed by atoms with Crippen molar-refractivity contribution in [1.82, 2.24) is 25.0 Å². The molecule has 0 aromatic carbocycles. The van der Waals surface area contributed by atoms with Crippen LogP contribution in [0.4, 0.5) is 0 Å². The molecule has 2 aromatic rings. The molecule has 0 aliphatic rings. The Balaban J connectivity index is 2.19. The Morgan fingerprint density at radius 1 is 1.38 bits per heavy atom. The Morgan fingerprint density at radius 2 is 2.19 bits per heavy atom. The second-order valence-corrected chi connectivity index (χ2v) is 6.12. The van der Waals surface area contributed by atoms with Gasteiger partial charge in [0.05, 0.1) is 29.0 Å². The Hall–Kier alpha value is -1.24. The molecule has 0 aliphatic heterocycles. The van der Waals surface area contributed by atoms with Gasteiger partial charge in [-0.05, 0) is 49.2 Å². The van der Waals surface area contributed by atoms with Crippen molar-refractivity contribution in [2.24, 2.45) is 0 Å². The van der Waals surface area contributed by atoms with Gasteiger partial charge in [0.2, 0.25) is 0 Å². The lowest BCUT2D eigenvalue weighted by Gasteiger charge is -2.19. The standard InChI is InChI=1S/C15H22BrN5/c1-17-14(10-12-6-4-5-7-18-12)15-13(16)11-19-21(15)9-8-20(2)3/h4-7,11,14,17H,8-10H2,1-3H3. The largest absolute Gasteiger partial charge is 0.311 e. The minimum Gasteiger partial charge on any atom is -0.311 e. The summed E-state index contributed by atoms with van der Waals surface area (Å²) in [6.07, 6.45) is 4.54. The van der Waals surface area contributed by atoms with Crippen molar-refractivity contribution >= 4 is 15.9 Å². The zero-order valence-electron chi connectivity index (χ0n) is 12.8. The number of rotatable bonds is 7. The summed E-state index contributed by atoms with van der Waals surface area (Å²) in [5, 5.41) is 7.86. The topological polar surface area (TPSA) is 46.0 Å². The van der Waals surface area contributed by atoms with Gasteiger partial charge >= 0.3 is 0 Å². The Labute approximate surface area is 134 Å². The summed E-state index contributed by atoms with van der Waals surface area (Å²) >= 11 is 3.62. The van der Waals surface area contributed by atoms with Crippen LogP contribution in [-0.4, -0.2) is 47.4 Å². The number of aromatic nitrogens is 3. The van der Waals surface area contributed by atoms with Crippen LogP contribution in [0.3, 0.4) is 0 Å². The van der Waals surface area contributed by atoms with Crippen molar-refractivity contribution in [3.8, 4) is 0 Å². The maximum Gasteiger partial charge on any atom is 0.0700 e. The van der Waals surface area contributed by atoms with E-state index < -0.39 is 0 Å². The first-order chi connectivity index (χ1) is 10.1. The third-order valence-electron chi connectivity index (χ3n) is 3.41. The first-order valence-corrected chi connectivity index (χ1v) is 7.84. The van der Waals surface area contributed by atoms with E-state index in [1.54, 1.807) is 0 Å². The first-order valence-electron chi connectivity index (χ1n) is 7.05. The maximum atomic E-state index is 4.48. The SMILES string of the molecule is CNC(Cc1ccccn1)c1c(Br)cnn1CCN(C)C. The molecule has 1 unspecified atom stereocenters. The number of likely N-dealkylation sites (N-methyl/N-ethyl adjacent to an activating group) is 2. The highest BCUT2D eigenvalue weighted by molar-refractivity contribution is 9.10. The molecular formula is C15H22BrN5. The summed E-state index contributed by atoms with van der Waals surface area (Å²) in [6, 6.07) is 6.19. The summed E-state index contributed by atoms with van der Waals surface area (Å²) < 4.78 is 3.10. The van der Waals surface area contributed by atoms with E-state index in [1.165, 1.54) is 5.69 Å². The molecular weight excluding hydrogens is 330 g/mol. The molecule has 0 spiro atoms. The number of pyridine rings is 1. The van der Waals surface area contributed by atoms with Crippen molar-refractivity contribution in [3.63, 3.8) is 0 Å². The summed E-state index contributed by atoms with van der Waals surface area (Å²) in [5.74, 6) is 0. The third kappa shape index (κ3) is 4.36. The molecule has 21 heavy (non-hydrogen) atoms. The van der Waals surface area contributed by atoms with Gasteiger partial charge in [-0.3, -0.25) is 9.67 Å². The maximum absolute atomic E-state index is 4.48. The predicted octanol–water partition coefficient (Wildman–Crippen LogP) is 2.11. The first kappa shape index (κ1) is 16.1. The zero-order chi connectivity index (χ0) is 15.2. The minimum atomic E-state index is 0.180. The van der Waals surface area contributed by atoms with Crippen LogP contribution in [0.25, 0.3) is 0 Å². The van der Waals surface area contributed by atoms with E-state index in [1.807, 2.05) is 31.6 Å². The molecule has 1 N–H and O–H groups in total. The van der Waals surface area contributed by atoms with Crippen LogP contribution in [0.15, 0.2) is 35.1 Å². The van der Waals surface area contributed by atoms with Gasteiger partial charge in [-0.1, -0.05) is 6.07 Å². The number of hydrogen-bond acceptors (Lipinski definition) is 4. The lowest BCUT2D eigenvalue weighted by Crippen LogP contribution is -2.26. The van der Waals surface area contributed by atoms with Gasteiger partial charge in [0.1, 0.15) is 0 Å². The predicted molar refractivity (Wildman–Crippen MR) is 88.2 cm³/mol. The molecule has 1 atom stereocenters. The molecule has 2 rings (SSSR count). The van der Waals surface area contributed by atoms with Gasteiger partial charge in [-0.25, -0.2) is 0 Å². The van der Waals surface area contributed by atoms with Gasteiger partial charge < -0.3 is 10.2 Å².